The second kappa shape index (κ2) is 6.88. The first-order chi connectivity index (χ1) is 12.0. The van der Waals surface area contributed by atoms with E-state index in [1.807, 2.05) is 13.8 Å². The van der Waals surface area contributed by atoms with Gasteiger partial charge in [0, 0.05) is 30.9 Å². The highest BCUT2D eigenvalue weighted by Gasteiger charge is 2.38. The van der Waals surface area contributed by atoms with Crippen molar-refractivity contribution in [2.24, 2.45) is 0 Å². The lowest BCUT2D eigenvalue weighted by Gasteiger charge is -2.12. The van der Waals surface area contributed by atoms with E-state index in [1.165, 1.54) is 12.0 Å². The molecule has 9 nitrogen and oxygen atoms in total. The highest BCUT2D eigenvalue weighted by Crippen LogP contribution is 2.16. The molecule has 0 spiro atoms. The van der Waals surface area contributed by atoms with Gasteiger partial charge in [-0.1, -0.05) is 11.3 Å². The molecule has 1 aliphatic heterocycles. The number of rotatable bonds is 6. The Morgan fingerprint density at radius 2 is 2.12 bits per heavy atom. The molecule has 3 rings (SSSR count). The summed E-state index contributed by atoms with van der Waals surface area (Å²) in [4.78, 5) is 29.9. The summed E-state index contributed by atoms with van der Waals surface area (Å²) in [6.07, 6.45) is 3.69. The largest absolute Gasteiger partial charge is 0.481 e. The first kappa shape index (κ1) is 16.9. The third-order valence-electron chi connectivity index (χ3n) is 3.95. The van der Waals surface area contributed by atoms with Crippen LogP contribution in [0.5, 0.6) is 5.88 Å². The van der Waals surface area contributed by atoms with E-state index in [0.29, 0.717) is 18.0 Å². The number of pyridine rings is 1. The number of carbonyl (C=O) groups is 2. The number of carbonyl (C=O) groups excluding carboxylic acids is 2. The van der Waals surface area contributed by atoms with Gasteiger partial charge in [0.25, 0.3) is 5.91 Å². The zero-order valence-corrected chi connectivity index (χ0v) is 14.3. The van der Waals surface area contributed by atoms with E-state index in [0.717, 1.165) is 5.56 Å². The predicted molar refractivity (Wildman–Crippen MR) is 87.8 cm³/mol. The molecule has 3 amide bonds. The molecule has 0 unspecified atom stereocenters. The fraction of sp³-hybridized carbons (Fsp3) is 0.438. The summed E-state index contributed by atoms with van der Waals surface area (Å²) in [5.74, 6) is 0.201. The molecule has 1 saturated heterocycles. The molecule has 132 valence electrons. The Kier molecular flexibility index (Phi) is 4.64. The maximum absolute atomic E-state index is 12.5. The van der Waals surface area contributed by atoms with Crippen molar-refractivity contribution in [2.45, 2.75) is 38.9 Å². The fourth-order valence-corrected chi connectivity index (χ4v) is 2.54. The molecule has 2 aromatic rings. The van der Waals surface area contributed by atoms with Gasteiger partial charge < -0.3 is 10.1 Å². The van der Waals surface area contributed by atoms with Crippen LogP contribution in [0.2, 0.25) is 0 Å². The Hall–Kier alpha value is -2.97. The van der Waals surface area contributed by atoms with Crippen molar-refractivity contribution in [1.82, 2.24) is 30.2 Å². The van der Waals surface area contributed by atoms with E-state index in [2.05, 4.69) is 20.6 Å². The van der Waals surface area contributed by atoms with Crippen LogP contribution in [0.4, 0.5) is 4.79 Å². The van der Waals surface area contributed by atoms with E-state index >= 15 is 0 Å². The Morgan fingerprint density at radius 3 is 2.72 bits per heavy atom. The number of amides is 3. The minimum absolute atomic E-state index is 0.164. The summed E-state index contributed by atoms with van der Waals surface area (Å²) in [6.45, 7) is 4.15. The number of hydrogen-bond donors (Lipinski definition) is 1. The topological polar surface area (TPSA) is 102 Å². The minimum atomic E-state index is -0.629. The number of hydrogen-bond acceptors (Lipinski definition) is 6. The van der Waals surface area contributed by atoms with Gasteiger partial charge in [0.15, 0.2) is 0 Å². The van der Waals surface area contributed by atoms with Crippen LogP contribution in [0.25, 0.3) is 0 Å². The van der Waals surface area contributed by atoms with Gasteiger partial charge in [-0.15, -0.1) is 5.10 Å². The molecule has 1 atom stereocenters. The van der Waals surface area contributed by atoms with E-state index < -0.39 is 12.1 Å². The van der Waals surface area contributed by atoms with Gasteiger partial charge >= 0.3 is 6.03 Å². The number of methoxy groups -OCH3 is 1. The monoisotopic (exact) mass is 344 g/mol. The zero-order valence-electron chi connectivity index (χ0n) is 14.3. The van der Waals surface area contributed by atoms with Crippen LogP contribution in [-0.2, 0) is 17.8 Å². The van der Waals surface area contributed by atoms with Gasteiger partial charge in [0.1, 0.15) is 6.04 Å². The Bertz CT molecular complexity index is 770. The first-order valence-corrected chi connectivity index (χ1v) is 7.99. The molecule has 2 aromatic heterocycles. The van der Waals surface area contributed by atoms with Crippen molar-refractivity contribution in [1.29, 1.82) is 0 Å². The number of urea groups is 1. The molecule has 1 N–H and O–H groups in total. The van der Waals surface area contributed by atoms with Crippen LogP contribution in [0.15, 0.2) is 24.5 Å². The smallest absolute Gasteiger partial charge is 0.325 e. The summed E-state index contributed by atoms with van der Waals surface area (Å²) in [5, 5.41) is 10.8. The fourth-order valence-electron chi connectivity index (χ4n) is 2.54. The second-order valence-electron chi connectivity index (χ2n) is 6.12. The van der Waals surface area contributed by atoms with Crippen molar-refractivity contribution in [3.63, 3.8) is 0 Å². The van der Waals surface area contributed by atoms with E-state index in [-0.39, 0.29) is 18.5 Å². The van der Waals surface area contributed by atoms with E-state index in [9.17, 15) is 9.59 Å². The van der Waals surface area contributed by atoms with Crippen LogP contribution in [0, 0.1) is 0 Å². The summed E-state index contributed by atoms with van der Waals surface area (Å²) < 4.78 is 6.72. The quantitative estimate of drug-likeness (QED) is 0.782. The maximum atomic E-state index is 12.5. The van der Waals surface area contributed by atoms with Gasteiger partial charge in [-0.2, -0.15) is 0 Å². The summed E-state index contributed by atoms with van der Waals surface area (Å²) in [6, 6.07) is 2.61. The van der Waals surface area contributed by atoms with Crippen molar-refractivity contribution in [3.8, 4) is 5.88 Å². The Morgan fingerprint density at radius 1 is 1.32 bits per heavy atom. The first-order valence-electron chi connectivity index (χ1n) is 7.99. The van der Waals surface area contributed by atoms with E-state index in [1.54, 1.807) is 29.2 Å². The molecular formula is C16H20N6O3. The molecule has 1 fully saturated rings. The molecule has 0 aromatic carbocycles. The lowest BCUT2D eigenvalue weighted by atomic mass is 10.1. The Labute approximate surface area is 145 Å². The second-order valence-corrected chi connectivity index (χ2v) is 6.12. The number of imide groups is 1. The number of nitrogens with one attached hydrogen (secondary N) is 1. The molecule has 0 radical (unpaired) electrons. The van der Waals surface area contributed by atoms with Gasteiger partial charge in [-0.3, -0.25) is 9.69 Å². The standard InChI is InChI=1S/C16H20N6O3/c1-10(2)22-9-12(19-20-22)6-13-15(23)21(16(24)18-13)8-11-4-5-14(25-3)17-7-11/h4-5,7,9-10,13H,6,8H2,1-3H3,(H,18,24)/t13-/m0/s1. The summed E-state index contributed by atoms with van der Waals surface area (Å²) >= 11 is 0. The van der Waals surface area contributed by atoms with Gasteiger partial charge in [0.2, 0.25) is 5.88 Å². The van der Waals surface area contributed by atoms with Crippen LogP contribution in [0.1, 0.15) is 31.1 Å². The number of nitrogens with zero attached hydrogens (tertiary/aromatic N) is 5. The minimum Gasteiger partial charge on any atom is -0.481 e. The van der Waals surface area contributed by atoms with Gasteiger partial charge in [-0.05, 0) is 19.4 Å². The molecule has 1 aliphatic rings. The van der Waals surface area contributed by atoms with Crippen LogP contribution in [-0.4, -0.2) is 50.0 Å². The average molecular weight is 344 g/mol. The lowest BCUT2D eigenvalue weighted by molar-refractivity contribution is -0.127. The Balaban J connectivity index is 1.66. The molecule has 25 heavy (non-hydrogen) atoms. The highest BCUT2D eigenvalue weighted by molar-refractivity contribution is 6.04. The van der Waals surface area contributed by atoms with Crippen molar-refractivity contribution >= 4 is 11.9 Å². The lowest BCUT2D eigenvalue weighted by Crippen LogP contribution is -2.32. The highest BCUT2D eigenvalue weighted by atomic mass is 16.5. The van der Waals surface area contributed by atoms with Crippen molar-refractivity contribution < 1.29 is 14.3 Å². The molecule has 9 heteroatoms. The van der Waals surface area contributed by atoms with Crippen molar-refractivity contribution in [3.05, 3.63) is 35.8 Å². The number of ether oxygens (including phenoxy) is 1. The number of aromatic nitrogens is 4. The molecule has 0 aliphatic carbocycles. The predicted octanol–water partition coefficient (Wildman–Crippen LogP) is 0.926. The SMILES string of the molecule is COc1ccc(CN2C(=O)N[C@@H](Cc3cn(C(C)C)nn3)C2=O)cn1. The molecular weight excluding hydrogens is 324 g/mol. The third kappa shape index (κ3) is 3.59. The van der Waals surface area contributed by atoms with E-state index in [4.69, 9.17) is 4.74 Å². The molecule has 0 saturated carbocycles. The van der Waals surface area contributed by atoms with Gasteiger partial charge in [0.05, 0.1) is 19.3 Å². The normalized spacial score (nSPS) is 17.3. The van der Waals surface area contributed by atoms with Crippen LogP contribution >= 0.6 is 0 Å². The summed E-state index contributed by atoms with van der Waals surface area (Å²) in [5.41, 5.74) is 1.41. The molecule has 3 heterocycles. The van der Waals surface area contributed by atoms with Gasteiger partial charge in [-0.25, -0.2) is 14.5 Å². The average Bonchev–Trinajstić information content (AvgIpc) is 3.16. The zero-order chi connectivity index (χ0) is 18.0. The molecule has 0 bridgehead atoms. The van der Waals surface area contributed by atoms with Crippen LogP contribution < -0.4 is 10.1 Å². The maximum Gasteiger partial charge on any atom is 0.325 e. The summed E-state index contributed by atoms with van der Waals surface area (Å²) in [7, 11) is 1.53. The third-order valence-corrected chi connectivity index (χ3v) is 3.95. The van der Waals surface area contributed by atoms with Crippen LogP contribution in [0.3, 0.4) is 0 Å². The van der Waals surface area contributed by atoms with Crippen molar-refractivity contribution in [2.75, 3.05) is 7.11 Å².